The predicted molar refractivity (Wildman–Crippen MR) is 76.9 cm³/mol. The van der Waals surface area contributed by atoms with Gasteiger partial charge in [-0.3, -0.25) is 0 Å². The van der Waals surface area contributed by atoms with Gasteiger partial charge in [-0.15, -0.1) is 0 Å². The fourth-order valence-corrected chi connectivity index (χ4v) is 2.59. The molecule has 1 nitrogen and oxygen atoms in total. The van der Waals surface area contributed by atoms with Crippen LogP contribution in [0.15, 0.2) is 54.6 Å². The van der Waals surface area contributed by atoms with E-state index < -0.39 is 0 Å². The van der Waals surface area contributed by atoms with E-state index in [9.17, 15) is 0 Å². The van der Waals surface area contributed by atoms with Gasteiger partial charge in [-0.05, 0) is 29.7 Å². The first-order chi connectivity index (χ1) is 8.77. The molecular weight excluding hydrogens is 218 g/mol. The second-order valence-electron chi connectivity index (χ2n) is 4.81. The van der Waals surface area contributed by atoms with Gasteiger partial charge in [-0.1, -0.05) is 54.6 Å². The van der Waals surface area contributed by atoms with Crippen LogP contribution >= 0.6 is 0 Å². The molecule has 0 spiro atoms. The molecule has 0 aromatic heterocycles. The van der Waals surface area contributed by atoms with Gasteiger partial charge in [0.25, 0.3) is 0 Å². The molecule has 0 amide bonds. The first-order valence-electron chi connectivity index (χ1n) is 6.36. The molecule has 90 valence electrons. The second kappa shape index (κ2) is 4.34. The van der Waals surface area contributed by atoms with Crippen molar-refractivity contribution in [3.05, 3.63) is 71.3 Å². The van der Waals surface area contributed by atoms with E-state index >= 15 is 0 Å². The molecule has 1 aliphatic heterocycles. The van der Waals surface area contributed by atoms with Crippen molar-refractivity contribution in [2.75, 3.05) is 7.05 Å². The van der Waals surface area contributed by atoms with Crippen molar-refractivity contribution >= 4 is 11.8 Å². The van der Waals surface area contributed by atoms with Crippen LogP contribution in [0.2, 0.25) is 0 Å². The summed E-state index contributed by atoms with van der Waals surface area (Å²) in [6.07, 6.45) is 2.28. The molecule has 3 rings (SSSR count). The number of benzene rings is 2. The standard InChI is InChI=1S/C17H17N/c1-13-16-11-7-6-10-15(16)12-17(18(13)2)14-8-4-3-5-9-14/h3-13H,1-2H3. The zero-order valence-electron chi connectivity index (χ0n) is 10.8. The topological polar surface area (TPSA) is 3.24 Å². The molecule has 1 unspecified atom stereocenters. The number of nitrogens with zero attached hydrogens (tertiary/aromatic N) is 1. The Morgan fingerprint density at radius 2 is 1.56 bits per heavy atom. The Kier molecular flexibility index (Phi) is 2.67. The zero-order chi connectivity index (χ0) is 12.5. The third-order valence-electron chi connectivity index (χ3n) is 3.77. The van der Waals surface area contributed by atoms with Gasteiger partial charge in [0.2, 0.25) is 0 Å². The van der Waals surface area contributed by atoms with Gasteiger partial charge in [0, 0.05) is 12.7 Å². The molecule has 1 heterocycles. The van der Waals surface area contributed by atoms with Crippen molar-refractivity contribution in [1.82, 2.24) is 4.90 Å². The lowest BCUT2D eigenvalue weighted by atomic mass is 9.93. The summed E-state index contributed by atoms with van der Waals surface area (Å²) < 4.78 is 0. The molecule has 1 atom stereocenters. The van der Waals surface area contributed by atoms with Crippen LogP contribution in [0.1, 0.15) is 29.7 Å². The summed E-state index contributed by atoms with van der Waals surface area (Å²) in [6, 6.07) is 19.6. The van der Waals surface area contributed by atoms with Gasteiger partial charge in [-0.2, -0.15) is 0 Å². The molecule has 2 aromatic rings. The Morgan fingerprint density at radius 1 is 0.889 bits per heavy atom. The molecule has 18 heavy (non-hydrogen) atoms. The minimum Gasteiger partial charge on any atom is -0.367 e. The number of rotatable bonds is 1. The Labute approximate surface area is 108 Å². The molecule has 0 saturated carbocycles. The minimum absolute atomic E-state index is 0.418. The third-order valence-corrected chi connectivity index (χ3v) is 3.77. The zero-order valence-corrected chi connectivity index (χ0v) is 10.8. The van der Waals surface area contributed by atoms with Crippen molar-refractivity contribution in [3.63, 3.8) is 0 Å². The van der Waals surface area contributed by atoms with E-state index in [1.165, 1.54) is 22.4 Å². The van der Waals surface area contributed by atoms with Crippen LogP contribution < -0.4 is 0 Å². The first-order valence-corrected chi connectivity index (χ1v) is 6.36. The van der Waals surface area contributed by atoms with E-state index in [1.54, 1.807) is 0 Å². The Morgan fingerprint density at radius 3 is 2.33 bits per heavy atom. The van der Waals surface area contributed by atoms with Crippen molar-refractivity contribution in [2.24, 2.45) is 0 Å². The number of hydrogen-bond donors (Lipinski definition) is 0. The summed E-state index contributed by atoms with van der Waals surface area (Å²) in [6.45, 7) is 2.26. The molecule has 0 aliphatic carbocycles. The van der Waals surface area contributed by atoms with Gasteiger partial charge in [0.1, 0.15) is 0 Å². The van der Waals surface area contributed by atoms with Crippen LogP contribution in [0.25, 0.3) is 11.8 Å². The maximum absolute atomic E-state index is 2.34. The number of hydrogen-bond acceptors (Lipinski definition) is 1. The fourth-order valence-electron chi connectivity index (χ4n) is 2.59. The van der Waals surface area contributed by atoms with Gasteiger partial charge in [0.05, 0.1) is 6.04 Å². The smallest absolute Gasteiger partial charge is 0.0517 e. The van der Waals surface area contributed by atoms with Crippen LogP contribution in [0.4, 0.5) is 0 Å². The Hall–Kier alpha value is -2.02. The monoisotopic (exact) mass is 235 g/mol. The van der Waals surface area contributed by atoms with Crippen molar-refractivity contribution in [2.45, 2.75) is 13.0 Å². The average molecular weight is 235 g/mol. The fraction of sp³-hybridized carbons (Fsp3) is 0.176. The van der Waals surface area contributed by atoms with Crippen LogP contribution in [0, 0.1) is 0 Å². The third kappa shape index (κ3) is 1.72. The van der Waals surface area contributed by atoms with Crippen LogP contribution in [0.3, 0.4) is 0 Å². The van der Waals surface area contributed by atoms with E-state index in [1.807, 2.05) is 0 Å². The highest BCUT2D eigenvalue weighted by molar-refractivity contribution is 5.83. The second-order valence-corrected chi connectivity index (χ2v) is 4.81. The highest BCUT2D eigenvalue weighted by Crippen LogP contribution is 2.36. The van der Waals surface area contributed by atoms with E-state index in [0.29, 0.717) is 6.04 Å². The molecule has 1 aliphatic rings. The van der Waals surface area contributed by atoms with Crippen LogP contribution in [-0.2, 0) is 0 Å². The average Bonchev–Trinajstić information content (AvgIpc) is 2.44. The first kappa shape index (κ1) is 11.1. The SMILES string of the molecule is CC1c2ccccc2C=C(c2ccccc2)N1C. The molecule has 2 aromatic carbocycles. The molecule has 0 saturated heterocycles. The summed E-state index contributed by atoms with van der Waals surface area (Å²) in [7, 11) is 2.17. The lowest BCUT2D eigenvalue weighted by Crippen LogP contribution is -2.24. The Bertz CT molecular complexity index is 584. The lowest BCUT2D eigenvalue weighted by molar-refractivity contribution is 0.378. The van der Waals surface area contributed by atoms with E-state index in [0.717, 1.165) is 0 Å². The summed E-state index contributed by atoms with van der Waals surface area (Å²) in [5.74, 6) is 0. The van der Waals surface area contributed by atoms with E-state index in [2.05, 4.69) is 79.5 Å². The summed E-state index contributed by atoms with van der Waals surface area (Å²) in [5.41, 5.74) is 5.31. The maximum Gasteiger partial charge on any atom is 0.0517 e. The highest BCUT2D eigenvalue weighted by Gasteiger charge is 2.22. The van der Waals surface area contributed by atoms with Crippen molar-refractivity contribution < 1.29 is 0 Å². The predicted octanol–water partition coefficient (Wildman–Crippen LogP) is 4.19. The Balaban J connectivity index is 2.14. The van der Waals surface area contributed by atoms with Gasteiger partial charge < -0.3 is 4.90 Å². The number of fused-ring (bicyclic) bond motifs is 1. The molecular formula is C17H17N. The quantitative estimate of drug-likeness (QED) is 0.716. The van der Waals surface area contributed by atoms with E-state index in [-0.39, 0.29) is 0 Å². The molecule has 0 radical (unpaired) electrons. The molecule has 1 heteroatoms. The lowest BCUT2D eigenvalue weighted by Gasteiger charge is -2.34. The summed E-state index contributed by atoms with van der Waals surface area (Å²) >= 11 is 0. The molecule has 0 fully saturated rings. The molecule has 0 N–H and O–H groups in total. The molecule has 0 bridgehead atoms. The minimum atomic E-state index is 0.418. The van der Waals surface area contributed by atoms with Crippen LogP contribution in [-0.4, -0.2) is 11.9 Å². The van der Waals surface area contributed by atoms with E-state index in [4.69, 9.17) is 0 Å². The normalized spacial score (nSPS) is 18.2. The summed E-state index contributed by atoms with van der Waals surface area (Å²) in [4.78, 5) is 2.34. The van der Waals surface area contributed by atoms with Gasteiger partial charge >= 0.3 is 0 Å². The van der Waals surface area contributed by atoms with Crippen LogP contribution in [0.5, 0.6) is 0 Å². The van der Waals surface area contributed by atoms with Gasteiger partial charge in [0.15, 0.2) is 0 Å². The maximum atomic E-state index is 2.34. The van der Waals surface area contributed by atoms with Crippen molar-refractivity contribution in [1.29, 1.82) is 0 Å². The van der Waals surface area contributed by atoms with Gasteiger partial charge in [-0.25, -0.2) is 0 Å². The highest BCUT2D eigenvalue weighted by atomic mass is 15.1. The largest absolute Gasteiger partial charge is 0.367 e. The summed E-state index contributed by atoms with van der Waals surface area (Å²) in [5, 5.41) is 0. The van der Waals surface area contributed by atoms with Crippen molar-refractivity contribution in [3.8, 4) is 0 Å².